The lowest BCUT2D eigenvalue weighted by Gasteiger charge is -2.40. The van der Waals surface area contributed by atoms with Crippen molar-refractivity contribution in [1.82, 2.24) is 29.8 Å². The summed E-state index contributed by atoms with van der Waals surface area (Å²) in [5.41, 5.74) is 2.44. The highest BCUT2D eigenvalue weighted by atomic mass is 35.5. The number of nitrogens with zero attached hydrogens (tertiary/aromatic N) is 6. The number of urea groups is 1. The van der Waals surface area contributed by atoms with Crippen molar-refractivity contribution in [2.75, 3.05) is 31.1 Å². The summed E-state index contributed by atoms with van der Waals surface area (Å²) in [7, 11) is 0. The number of piperazine rings is 1. The number of amides is 2. The second-order valence-electron chi connectivity index (χ2n) is 8.09. The second kappa shape index (κ2) is 8.71. The van der Waals surface area contributed by atoms with Gasteiger partial charge in [0, 0.05) is 48.2 Å². The van der Waals surface area contributed by atoms with Crippen LogP contribution in [0.25, 0.3) is 27.9 Å². The first kappa shape index (κ1) is 21.2. The molecule has 2 aromatic heterocycles. The van der Waals surface area contributed by atoms with Gasteiger partial charge in [-0.05, 0) is 25.1 Å². The molecule has 1 N–H and O–H groups in total. The van der Waals surface area contributed by atoms with E-state index in [-0.39, 0.29) is 12.1 Å². The highest BCUT2D eigenvalue weighted by Gasteiger charge is 2.30. The molecule has 4 aromatic rings. The molecule has 1 aliphatic heterocycles. The van der Waals surface area contributed by atoms with Crippen LogP contribution < -0.4 is 10.2 Å². The summed E-state index contributed by atoms with van der Waals surface area (Å²) in [5.74, 6) is 1.46. The molecule has 168 valence electrons. The number of hydrogen-bond donors (Lipinski definition) is 1. The third-order valence-electron chi connectivity index (χ3n) is 5.88. The Morgan fingerprint density at radius 1 is 1.21 bits per heavy atom. The number of halogens is 1. The summed E-state index contributed by atoms with van der Waals surface area (Å²) >= 11 is 6.27. The predicted molar refractivity (Wildman–Crippen MR) is 131 cm³/mol. The minimum absolute atomic E-state index is 0.00729. The topological polar surface area (TPSA) is 78.7 Å². The van der Waals surface area contributed by atoms with Crippen LogP contribution in [0.1, 0.15) is 6.92 Å². The summed E-state index contributed by atoms with van der Waals surface area (Å²) < 4.78 is 2.01. The quantitative estimate of drug-likeness (QED) is 0.465. The van der Waals surface area contributed by atoms with Crippen LogP contribution in [0, 0.1) is 0 Å². The van der Waals surface area contributed by atoms with E-state index in [1.807, 2.05) is 64.8 Å². The first-order valence-electron chi connectivity index (χ1n) is 10.9. The number of rotatable bonds is 4. The van der Waals surface area contributed by atoms with E-state index in [0.717, 1.165) is 33.9 Å². The highest BCUT2D eigenvalue weighted by Crippen LogP contribution is 2.30. The van der Waals surface area contributed by atoms with Gasteiger partial charge in [0.15, 0.2) is 11.5 Å². The average molecular weight is 462 g/mol. The molecule has 2 aromatic carbocycles. The first-order valence-corrected chi connectivity index (χ1v) is 11.2. The molecule has 1 fully saturated rings. The molecule has 0 aliphatic carbocycles. The first-order chi connectivity index (χ1) is 16.1. The molecule has 9 heteroatoms. The number of nitrogens with one attached hydrogen (secondary N) is 1. The zero-order valence-electron chi connectivity index (χ0n) is 18.3. The molecule has 8 nitrogen and oxygen atoms in total. The lowest BCUT2D eigenvalue weighted by molar-refractivity contribution is 0.172. The van der Waals surface area contributed by atoms with Crippen molar-refractivity contribution in [1.29, 1.82) is 0 Å². The third kappa shape index (κ3) is 3.87. The molecule has 5 rings (SSSR count). The van der Waals surface area contributed by atoms with Crippen LogP contribution in [0.4, 0.5) is 10.7 Å². The van der Waals surface area contributed by atoms with Crippen LogP contribution in [0.3, 0.4) is 0 Å². The van der Waals surface area contributed by atoms with Gasteiger partial charge in [-0.3, -0.25) is 0 Å². The summed E-state index contributed by atoms with van der Waals surface area (Å²) in [6, 6.07) is 15.5. The lowest BCUT2D eigenvalue weighted by Crippen LogP contribution is -2.57. The van der Waals surface area contributed by atoms with Crippen LogP contribution in [-0.2, 0) is 0 Å². The largest absolute Gasteiger partial charge is 0.338 e. The van der Waals surface area contributed by atoms with Gasteiger partial charge in [-0.1, -0.05) is 48.0 Å². The van der Waals surface area contributed by atoms with E-state index in [4.69, 9.17) is 16.6 Å². The minimum atomic E-state index is -0.0836. The van der Waals surface area contributed by atoms with E-state index in [0.29, 0.717) is 31.2 Å². The van der Waals surface area contributed by atoms with Crippen molar-refractivity contribution >= 4 is 40.1 Å². The van der Waals surface area contributed by atoms with Gasteiger partial charge in [-0.15, -0.1) is 16.8 Å². The summed E-state index contributed by atoms with van der Waals surface area (Å²) in [4.78, 5) is 21.6. The van der Waals surface area contributed by atoms with Crippen molar-refractivity contribution in [3.05, 3.63) is 66.2 Å². The zero-order valence-corrected chi connectivity index (χ0v) is 19.0. The van der Waals surface area contributed by atoms with Crippen molar-refractivity contribution in [3.8, 4) is 11.4 Å². The molecule has 0 unspecified atom stereocenters. The van der Waals surface area contributed by atoms with Crippen molar-refractivity contribution in [3.63, 3.8) is 0 Å². The molecular formula is C24H24ClN7O. The molecule has 1 aliphatic rings. The Kier molecular flexibility index (Phi) is 5.60. The minimum Gasteiger partial charge on any atom is -0.338 e. The van der Waals surface area contributed by atoms with E-state index in [2.05, 4.69) is 27.0 Å². The lowest BCUT2D eigenvalue weighted by atomic mass is 10.2. The van der Waals surface area contributed by atoms with Gasteiger partial charge in [0.05, 0.1) is 5.52 Å². The van der Waals surface area contributed by atoms with E-state index in [1.54, 1.807) is 6.08 Å². The van der Waals surface area contributed by atoms with Crippen LogP contribution >= 0.6 is 11.6 Å². The molecule has 0 bridgehead atoms. The van der Waals surface area contributed by atoms with Gasteiger partial charge >= 0.3 is 6.03 Å². The fourth-order valence-electron chi connectivity index (χ4n) is 4.28. The second-order valence-corrected chi connectivity index (χ2v) is 8.52. The Labute approximate surface area is 196 Å². The van der Waals surface area contributed by atoms with E-state index in [9.17, 15) is 4.79 Å². The summed E-state index contributed by atoms with van der Waals surface area (Å²) in [5, 5.41) is 13.4. The van der Waals surface area contributed by atoms with Gasteiger partial charge in [0.1, 0.15) is 0 Å². The number of aromatic nitrogens is 4. The molecule has 1 atom stereocenters. The fraction of sp³-hybridized carbons (Fsp3) is 0.250. The Bertz CT molecular complexity index is 1340. The molecule has 2 amide bonds. The molecule has 33 heavy (non-hydrogen) atoms. The predicted octanol–water partition coefficient (Wildman–Crippen LogP) is 4.00. The Balaban J connectivity index is 1.60. The number of anilines is 1. The van der Waals surface area contributed by atoms with Crippen molar-refractivity contribution in [2.24, 2.45) is 0 Å². The SMILES string of the molecule is C=CCNC(=O)N1CCN(c2nc3cc(Cl)ccc3c3nnc(-c4ccccc4)n23)C[C@H]1C. The zero-order chi connectivity index (χ0) is 22.9. The van der Waals surface area contributed by atoms with Gasteiger partial charge < -0.3 is 15.1 Å². The molecule has 0 saturated carbocycles. The van der Waals surface area contributed by atoms with Gasteiger partial charge in [-0.2, -0.15) is 0 Å². The molecule has 1 saturated heterocycles. The maximum atomic E-state index is 12.5. The number of carbonyl (C=O) groups is 1. The molecule has 0 spiro atoms. The Hall–Kier alpha value is -3.65. The van der Waals surface area contributed by atoms with Gasteiger partial charge in [-0.25, -0.2) is 14.2 Å². The maximum absolute atomic E-state index is 12.5. The smallest absolute Gasteiger partial charge is 0.318 e. The van der Waals surface area contributed by atoms with Crippen LogP contribution in [-0.4, -0.2) is 62.7 Å². The van der Waals surface area contributed by atoms with Gasteiger partial charge in [0.25, 0.3) is 0 Å². The van der Waals surface area contributed by atoms with Crippen LogP contribution in [0.2, 0.25) is 5.02 Å². The average Bonchev–Trinajstić information content (AvgIpc) is 3.27. The highest BCUT2D eigenvalue weighted by molar-refractivity contribution is 6.31. The number of hydrogen-bond acceptors (Lipinski definition) is 5. The summed E-state index contributed by atoms with van der Waals surface area (Å²) in [6.45, 7) is 7.98. The van der Waals surface area contributed by atoms with E-state index < -0.39 is 0 Å². The maximum Gasteiger partial charge on any atom is 0.318 e. The Morgan fingerprint density at radius 2 is 2.03 bits per heavy atom. The molecule has 3 heterocycles. The number of carbonyl (C=O) groups excluding carboxylic acids is 1. The summed E-state index contributed by atoms with van der Waals surface area (Å²) in [6.07, 6.45) is 1.68. The van der Waals surface area contributed by atoms with Crippen LogP contribution in [0.15, 0.2) is 61.2 Å². The molecular weight excluding hydrogens is 438 g/mol. The standard InChI is InChI=1S/C24H24ClN7O/c1-3-11-26-24(33)31-13-12-30(15-16(31)2)23-27-20-14-18(25)9-10-19(20)22-29-28-21(32(22)23)17-7-5-4-6-8-17/h3-10,14,16H,1,11-13,15H2,2H3,(H,26,33)/t16-/m1/s1. The van der Waals surface area contributed by atoms with E-state index >= 15 is 0 Å². The normalized spacial score (nSPS) is 16.4. The third-order valence-corrected chi connectivity index (χ3v) is 6.12. The van der Waals surface area contributed by atoms with E-state index in [1.165, 1.54) is 0 Å². The van der Waals surface area contributed by atoms with Crippen LogP contribution in [0.5, 0.6) is 0 Å². The Morgan fingerprint density at radius 3 is 2.79 bits per heavy atom. The fourth-order valence-corrected chi connectivity index (χ4v) is 4.45. The van der Waals surface area contributed by atoms with Crippen molar-refractivity contribution < 1.29 is 4.79 Å². The van der Waals surface area contributed by atoms with Crippen molar-refractivity contribution in [2.45, 2.75) is 13.0 Å². The number of fused-ring (bicyclic) bond motifs is 3. The van der Waals surface area contributed by atoms with Gasteiger partial charge in [0.2, 0.25) is 5.95 Å². The monoisotopic (exact) mass is 461 g/mol. The molecule has 0 radical (unpaired) electrons. The number of benzene rings is 2.